The molecule has 0 unspecified atom stereocenters. The lowest BCUT2D eigenvalue weighted by Crippen LogP contribution is -2.44. The van der Waals surface area contributed by atoms with Crippen molar-refractivity contribution in [2.45, 2.75) is 31.5 Å². The van der Waals surface area contributed by atoms with Gasteiger partial charge in [-0.15, -0.1) is 22.9 Å². The van der Waals surface area contributed by atoms with E-state index in [0.717, 1.165) is 23.1 Å². The van der Waals surface area contributed by atoms with E-state index < -0.39 is 0 Å². The van der Waals surface area contributed by atoms with E-state index in [-0.39, 0.29) is 29.8 Å². The van der Waals surface area contributed by atoms with E-state index in [0.29, 0.717) is 24.5 Å². The fourth-order valence-electron chi connectivity index (χ4n) is 3.62. The standard InChI is InChI=1S/C19H19ClN2O3S/c20-9-17(23)22-18-13-4-2-1-3-11(13)7-14(18)21-19(24)16-8-12-10-25-6-5-15(12)26-16/h1-4,8,14,18H,5-7,9-10H2,(H,21,24)(H,22,23)/t14-,18-/m1/s1. The molecule has 0 saturated heterocycles. The monoisotopic (exact) mass is 390 g/mol. The Bertz CT molecular complexity index is 828. The minimum Gasteiger partial charge on any atom is -0.376 e. The number of hydrogen-bond acceptors (Lipinski definition) is 4. The summed E-state index contributed by atoms with van der Waals surface area (Å²) in [5, 5.41) is 6.04. The zero-order valence-electron chi connectivity index (χ0n) is 14.1. The molecule has 0 bridgehead atoms. The van der Waals surface area contributed by atoms with Gasteiger partial charge < -0.3 is 15.4 Å². The summed E-state index contributed by atoms with van der Waals surface area (Å²) >= 11 is 7.19. The van der Waals surface area contributed by atoms with Crippen molar-refractivity contribution in [2.24, 2.45) is 0 Å². The number of thiophene rings is 1. The molecule has 2 heterocycles. The Balaban J connectivity index is 1.53. The number of carbonyl (C=O) groups excluding carboxylic acids is 2. The molecule has 7 heteroatoms. The molecule has 26 heavy (non-hydrogen) atoms. The summed E-state index contributed by atoms with van der Waals surface area (Å²) < 4.78 is 5.45. The van der Waals surface area contributed by atoms with Crippen LogP contribution in [0.5, 0.6) is 0 Å². The van der Waals surface area contributed by atoms with Gasteiger partial charge in [-0.1, -0.05) is 24.3 Å². The zero-order chi connectivity index (χ0) is 18.1. The Morgan fingerprint density at radius 1 is 1.23 bits per heavy atom. The third-order valence-electron chi connectivity index (χ3n) is 4.84. The summed E-state index contributed by atoms with van der Waals surface area (Å²) in [7, 11) is 0. The molecular weight excluding hydrogens is 372 g/mol. The second-order valence-corrected chi connectivity index (χ2v) is 7.93. The molecule has 1 aliphatic heterocycles. The van der Waals surface area contributed by atoms with E-state index in [4.69, 9.17) is 16.3 Å². The van der Waals surface area contributed by atoms with Gasteiger partial charge in [0, 0.05) is 11.3 Å². The molecule has 0 saturated carbocycles. The van der Waals surface area contributed by atoms with E-state index >= 15 is 0 Å². The van der Waals surface area contributed by atoms with Crippen LogP contribution in [0.2, 0.25) is 0 Å². The predicted octanol–water partition coefficient (Wildman–Crippen LogP) is 2.57. The molecule has 0 radical (unpaired) electrons. The van der Waals surface area contributed by atoms with Gasteiger partial charge in [0.05, 0.1) is 30.2 Å². The number of ether oxygens (including phenoxy) is 1. The van der Waals surface area contributed by atoms with Gasteiger partial charge in [-0.3, -0.25) is 9.59 Å². The van der Waals surface area contributed by atoms with E-state index in [1.165, 1.54) is 16.2 Å². The number of amides is 2. The fourth-order valence-corrected chi connectivity index (χ4v) is 4.75. The lowest BCUT2D eigenvalue weighted by Gasteiger charge is -2.22. The highest BCUT2D eigenvalue weighted by molar-refractivity contribution is 7.14. The van der Waals surface area contributed by atoms with Crippen LogP contribution in [0.15, 0.2) is 30.3 Å². The quantitative estimate of drug-likeness (QED) is 0.788. The van der Waals surface area contributed by atoms with Crippen LogP contribution in [-0.4, -0.2) is 30.3 Å². The summed E-state index contributed by atoms with van der Waals surface area (Å²) in [5.41, 5.74) is 3.28. The maximum Gasteiger partial charge on any atom is 0.261 e. The van der Waals surface area contributed by atoms with Crippen molar-refractivity contribution in [3.05, 3.63) is 56.8 Å². The Labute approximate surface area is 160 Å². The molecule has 0 fully saturated rings. The highest BCUT2D eigenvalue weighted by Crippen LogP contribution is 2.32. The average Bonchev–Trinajstić information content (AvgIpc) is 3.23. The molecule has 2 N–H and O–H groups in total. The molecule has 2 atom stereocenters. The molecule has 1 aromatic heterocycles. The number of nitrogens with one attached hydrogen (secondary N) is 2. The van der Waals surface area contributed by atoms with E-state index in [1.807, 2.05) is 30.3 Å². The summed E-state index contributed by atoms with van der Waals surface area (Å²) in [5.74, 6) is -0.444. The van der Waals surface area contributed by atoms with Crippen molar-refractivity contribution in [2.75, 3.05) is 12.5 Å². The first-order chi connectivity index (χ1) is 12.7. The number of fused-ring (bicyclic) bond motifs is 2. The number of hydrogen-bond donors (Lipinski definition) is 2. The summed E-state index contributed by atoms with van der Waals surface area (Å²) in [6, 6.07) is 9.39. The van der Waals surface area contributed by atoms with Gasteiger partial charge in [-0.25, -0.2) is 0 Å². The van der Waals surface area contributed by atoms with Crippen LogP contribution in [0.25, 0.3) is 0 Å². The minimum absolute atomic E-state index is 0.100. The number of benzene rings is 1. The topological polar surface area (TPSA) is 67.4 Å². The second kappa shape index (κ2) is 7.39. The smallest absolute Gasteiger partial charge is 0.261 e. The summed E-state index contributed by atoms with van der Waals surface area (Å²) in [4.78, 5) is 26.6. The number of carbonyl (C=O) groups is 2. The lowest BCUT2D eigenvalue weighted by atomic mass is 10.1. The average molecular weight is 391 g/mol. The van der Waals surface area contributed by atoms with Gasteiger partial charge >= 0.3 is 0 Å². The van der Waals surface area contributed by atoms with Crippen molar-refractivity contribution >= 4 is 34.8 Å². The first-order valence-electron chi connectivity index (χ1n) is 8.59. The SMILES string of the molecule is O=C(CCl)N[C@@H]1c2ccccc2C[C@H]1NC(=O)c1cc2c(s1)CCOC2. The molecule has 1 aliphatic carbocycles. The highest BCUT2D eigenvalue weighted by Gasteiger charge is 2.34. The Morgan fingerprint density at radius 3 is 2.88 bits per heavy atom. The lowest BCUT2D eigenvalue weighted by molar-refractivity contribution is -0.119. The largest absolute Gasteiger partial charge is 0.376 e. The van der Waals surface area contributed by atoms with Crippen LogP contribution in [0.3, 0.4) is 0 Å². The first-order valence-corrected chi connectivity index (χ1v) is 9.94. The summed E-state index contributed by atoms with van der Waals surface area (Å²) in [6.45, 7) is 1.28. The van der Waals surface area contributed by atoms with Crippen LogP contribution >= 0.6 is 22.9 Å². The van der Waals surface area contributed by atoms with E-state index in [1.54, 1.807) is 0 Å². The summed E-state index contributed by atoms with van der Waals surface area (Å²) in [6.07, 6.45) is 1.54. The highest BCUT2D eigenvalue weighted by atomic mass is 35.5. The van der Waals surface area contributed by atoms with Crippen molar-refractivity contribution in [3.8, 4) is 0 Å². The van der Waals surface area contributed by atoms with Gasteiger partial charge in [0.1, 0.15) is 5.88 Å². The van der Waals surface area contributed by atoms with E-state index in [9.17, 15) is 9.59 Å². The van der Waals surface area contributed by atoms with Gasteiger partial charge in [0.2, 0.25) is 5.91 Å². The predicted molar refractivity (Wildman–Crippen MR) is 101 cm³/mol. The second-order valence-electron chi connectivity index (χ2n) is 6.52. The van der Waals surface area contributed by atoms with Gasteiger partial charge in [0.25, 0.3) is 5.91 Å². The van der Waals surface area contributed by atoms with Crippen LogP contribution in [0.1, 0.15) is 37.3 Å². The first kappa shape index (κ1) is 17.5. The third kappa shape index (κ3) is 3.37. The molecule has 2 aromatic rings. The van der Waals surface area contributed by atoms with Gasteiger partial charge in [-0.05, 0) is 29.2 Å². The van der Waals surface area contributed by atoms with E-state index in [2.05, 4.69) is 10.6 Å². The van der Waals surface area contributed by atoms with Crippen LogP contribution in [-0.2, 0) is 29.0 Å². The molecular formula is C19H19ClN2O3S. The van der Waals surface area contributed by atoms with Crippen molar-refractivity contribution in [3.63, 3.8) is 0 Å². The van der Waals surface area contributed by atoms with Crippen LogP contribution in [0, 0.1) is 0 Å². The fraction of sp³-hybridized carbons (Fsp3) is 0.368. The molecule has 0 spiro atoms. The molecule has 2 aliphatic rings. The van der Waals surface area contributed by atoms with Gasteiger partial charge in [-0.2, -0.15) is 0 Å². The Morgan fingerprint density at radius 2 is 2.08 bits per heavy atom. The maximum atomic E-state index is 12.8. The van der Waals surface area contributed by atoms with Crippen molar-refractivity contribution in [1.82, 2.24) is 10.6 Å². The van der Waals surface area contributed by atoms with Crippen LogP contribution in [0.4, 0.5) is 0 Å². The number of halogens is 1. The van der Waals surface area contributed by atoms with Gasteiger partial charge in [0.15, 0.2) is 0 Å². The minimum atomic E-state index is -0.265. The molecule has 5 nitrogen and oxygen atoms in total. The normalized spacial score (nSPS) is 21.0. The third-order valence-corrected chi connectivity index (χ3v) is 6.32. The van der Waals surface area contributed by atoms with Crippen molar-refractivity contribution < 1.29 is 14.3 Å². The molecule has 2 amide bonds. The Hall–Kier alpha value is -1.89. The molecule has 136 valence electrons. The number of alkyl halides is 1. The molecule has 4 rings (SSSR count). The maximum absolute atomic E-state index is 12.8. The zero-order valence-corrected chi connectivity index (χ0v) is 15.7. The number of rotatable bonds is 4. The van der Waals surface area contributed by atoms with Crippen molar-refractivity contribution in [1.29, 1.82) is 0 Å². The molecule has 1 aromatic carbocycles. The Kier molecular flexibility index (Phi) is 4.98. The van der Waals surface area contributed by atoms with Crippen LogP contribution < -0.4 is 10.6 Å².